The third-order valence-electron chi connectivity index (χ3n) is 8.25. The van der Waals surface area contributed by atoms with Crippen molar-refractivity contribution in [3.63, 3.8) is 0 Å². The number of allylic oxidation sites excluding steroid dienone is 1. The van der Waals surface area contributed by atoms with Crippen LogP contribution in [0.25, 0.3) is 0 Å². The summed E-state index contributed by atoms with van der Waals surface area (Å²) in [6, 6.07) is 9.99. The van der Waals surface area contributed by atoms with Crippen molar-refractivity contribution < 1.29 is 19.4 Å². The molecular weight excluding hydrogens is 486 g/mol. The zero-order chi connectivity index (χ0) is 28.3. The predicted molar refractivity (Wildman–Crippen MR) is 160 cm³/mol. The van der Waals surface area contributed by atoms with Gasteiger partial charge in [-0.1, -0.05) is 128 Å². The molecule has 1 aromatic rings. The molecule has 0 aromatic heterocycles. The molecule has 0 radical (unpaired) electrons. The molecule has 1 heterocycles. The van der Waals surface area contributed by atoms with Crippen molar-refractivity contribution in [3.05, 3.63) is 47.7 Å². The van der Waals surface area contributed by atoms with E-state index in [2.05, 4.69) is 24.0 Å². The summed E-state index contributed by atoms with van der Waals surface area (Å²) in [6.07, 6.45) is 20.5. The van der Waals surface area contributed by atoms with Crippen molar-refractivity contribution in [2.24, 2.45) is 5.92 Å². The second-order valence-corrected chi connectivity index (χ2v) is 11.3. The van der Waals surface area contributed by atoms with Crippen molar-refractivity contribution in [2.45, 2.75) is 135 Å². The fourth-order valence-corrected chi connectivity index (χ4v) is 5.93. The van der Waals surface area contributed by atoms with Gasteiger partial charge < -0.3 is 14.7 Å². The van der Waals surface area contributed by atoms with Crippen molar-refractivity contribution >= 4 is 11.8 Å². The minimum absolute atomic E-state index is 0.0352. The van der Waals surface area contributed by atoms with Crippen LogP contribution >= 0.6 is 0 Å². The van der Waals surface area contributed by atoms with Gasteiger partial charge in [0.2, 0.25) is 0 Å². The number of carbonyl (C=O) groups is 2. The molecule has 2 rings (SSSR count). The maximum absolute atomic E-state index is 12.9. The maximum Gasteiger partial charge on any atom is 0.313 e. The molecule has 0 amide bonds. The van der Waals surface area contributed by atoms with Gasteiger partial charge in [-0.25, -0.2) is 0 Å². The van der Waals surface area contributed by atoms with Crippen LogP contribution in [-0.4, -0.2) is 47.6 Å². The van der Waals surface area contributed by atoms with E-state index in [1.807, 2.05) is 25.1 Å². The second-order valence-electron chi connectivity index (χ2n) is 11.3. The minimum Gasteiger partial charge on any atom is -0.469 e. The number of rotatable bonds is 21. The van der Waals surface area contributed by atoms with Crippen molar-refractivity contribution in [3.8, 4) is 0 Å². The molecule has 1 aliphatic rings. The lowest BCUT2D eigenvalue weighted by Crippen LogP contribution is -2.37. The Morgan fingerprint density at radius 2 is 1.38 bits per heavy atom. The molecule has 5 heteroatoms. The third kappa shape index (κ3) is 11.9. The third-order valence-corrected chi connectivity index (χ3v) is 8.25. The number of ketones is 1. The molecule has 39 heavy (non-hydrogen) atoms. The summed E-state index contributed by atoms with van der Waals surface area (Å²) in [6.45, 7) is 4.93. The van der Waals surface area contributed by atoms with Gasteiger partial charge in [-0.15, -0.1) is 0 Å². The average molecular weight is 542 g/mol. The van der Waals surface area contributed by atoms with Crippen LogP contribution in [0.2, 0.25) is 0 Å². The normalized spacial score (nSPS) is 20.1. The molecular formula is C34H55NO4. The molecule has 0 unspecified atom stereocenters. The first-order valence-electron chi connectivity index (χ1n) is 15.8. The first kappa shape index (κ1) is 33.1. The van der Waals surface area contributed by atoms with Crippen LogP contribution in [0, 0.1) is 5.92 Å². The lowest BCUT2D eigenvalue weighted by molar-refractivity contribution is -0.149. The Balaban J connectivity index is 1.76. The van der Waals surface area contributed by atoms with Gasteiger partial charge in [0.25, 0.3) is 0 Å². The van der Waals surface area contributed by atoms with Crippen LogP contribution < -0.4 is 0 Å². The van der Waals surface area contributed by atoms with Gasteiger partial charge in [-0.3, -0.25) is 9.59 Å². The number of ether oxygens (including phenoxy) is 1. The van der Waals surface area contributed by atoms with Crippen molar-refractivity contribution in [1.82, 2.24) is 4.90 Å². The van der Waals surface area contributed by atoms with Crippen LogP contribution in [0.1, 0.15) is 122 Å². The molecule has 1 N–H and O–H groups in total. The van der Waals surface area contributed by atoms with Crippen LogP contribution in [0.15, 0.2) is 42.1 Å². The highest BCUT2D eigenvalue weighted by atomic mass is 16.5. The van der Waals surface area contributed by atoms with E-state index in [1.54, 1.807) is 6.08 Å². The number of methoxy groups -OCH3 is 1. The van der Waals surface area contributed by atoms with E-state index in [9.17, 15) is 14.7 Å². The van der Waals surface area contributed by atoms with E-state index >= 15 is 0 Å². The number of hydrogen-bond acceptors (Lipinski definition) is 5. The zero-order valence-electron chi connectivity index (χ0n) is 25.0. The van der Waals surface area contributed by atoms with E-state index < -0.39 is 18.0 Å². The first-order chi connectivity index (χ1) is 19.0. The van der Waals surface area contributed by atoms with Gasteiger partial charge in [0, 0.05) is 30.8 Å². The summed E-state index contributed by atoms with van der Waals surface area (Å²) < 4.78 is 5.02. The molecule has 0 aliphatic carbocycles. The first-order valence-corrected chi connectivity index (χ1v) is 15.8. The Morgan fingerprint density at radius 1 is 0.846 bits per heavy atom. The molecule has 0 saturated carbocycles. The summed E-state index contributed by atoms with van der Waals surface area (Å²) in [4.78, 5) is 27.5. The molecule has 220 valence electrons. The Hall–Kier alpha value is -2.14. The smallest absolute Gasteiger partial charge is 0.313 e. The highest BCUT2D eigenvalue weighted by Crippen LogP contribution is 2.36. The topological polar surface area (TPSA) is 66.8 Å². The lowest BCUT2D eigenvalue weighted by Gasteiger charge is -2.28. The van der Waals surface area contributed by atoms with E-state index in [-0.39, 0.29) is 11.8 Å². The number of esters is 1. The summed E-state index contributed by atoms with van der Waals surface area (Å²) in [7, 11) is 1.36. The average Bonchev–Trinajstić information content (AvgIpc) is 3.22. The van der Waals surface area contributed by atoms with Gasteiger partial charge in [-0.05, 0) is 24.8 Å². The van der Waals surface area contributed by atoms with E-state index in [0.29, 0.717) is 25.1 Å². The lowest BCUT2D eigenvalue weighted by atomic mass is 9.95. The highest BCUT2D eigenvalue weighted by molar-refractivity contribution is 5.90. The molecule has 0 spiro atoms. The number of unbranched alkanes of at least 4 members (excludes halogenated alkanes) is 13. The summed E-state index contributed by atoms with van der Waals surface area (Å²) in [5, 5.41) is 11.1. The fraction of sp³-hybridized carbons (Fsp3) is 0.706. The number of aliphatic hydroxyl groups is 1. The number of nitrogens with zero attached hydrogens (tertiary/aromatic N) is 1. The summed E-state index contributed by atoms with van der Waals surface area (Å²) in [5.41, 5.74) is 1.76. The van der Waals surface area contributed by atoms with Crippen LogP contribution in [-0.2, 0) is 20.7 Å². The zero-order valence-corrected chi connectivity index (χ0v) is 25.0. The largest absolute Gasteiger partial charge is 0.469 e. The number of benzene rings is 1. The number of aliphatic hydroxyl groups excluding tert-OH is 1. The van der Waals surface area contributed by atoms with Gasteiger partial charge in [0.15, 0.2) is 5.78 Å². The number of carbonyl (C=O) groups excluding carboxylic acids is 2. The predicted octanol–water partition coefficient (Wildman–Crippen LogP) is 7.80. The standard InChI is InChI=1S/C34H55NO4/c1-4-6-7-8-9-10-11-12-13-14-15-16-17-21-24-29(36)27-31-33(37)32(34(38)39-3)30(5-2)35(31)26-25-28-22-19-18-20-23-28/h18-20,22-23,27,30,32-33,37H,4-17,21,24-26H2,1-3H3/b31-27+/t30-,32-,33-/m0/s1. The molecule has 5 nitrogen and oxygen atoms in total. The Labute approximate surface area is 238 Å². The van der Waals surface area contributed by atoms with Gasteiger partial charge in [-0.2, -0.15) is 0 Å². The minimum atomic E-state index is -1.02. The van der Waals surface area contributed by atoms with Crippen LogP contribution in [0.3, 0.4) is 0 Å². The quantitative estimate of drug-likeness (QED) is 0.0977. The van der Waals surface area contributed by atoms with Crippen LogP contribution in [0.5, 0.6) is 0 Å². The highest BCUT2D eigenvalue weighted by Gasteiger charge is 2.48. The van der Waals surface area contributed by atoms with Gasteiger partial charge in [0.1, 0.15) is 12.0 Å². The van der Waals surface area contributed by atoms with Gasteiger partial charge >= 0.3 is 5.97 Å². The maximum atomic E-state index is 12.9. The molecule has 3 atom stereocenters. The molecule has 1 aliphatic heterocycles. The van der Waals surface area contributed by atoms with E-state index in [1.165, 1.54) is 89.7 Å². The molecule has 1 fully saturated rings. The number of likely N-dealkylation sites (tertiary alicyclic amines) is 1. The molecule has 0 bridgehead atoms. The van der Waals surface area contributed by atoms with Crippen molar-refractivity contribution in [1.29, 1.82) is 0 Å². The van der Waals surface area contributed by atoms with Crippen molar-refractivity contribution in [2.75, 3.05) is 13.7 Å². The summed E-state index contributed by atoms with van der Waals surface area (Å²) >= 11 is 0. The molecule has 1 saturated heterocycles. The summed E-state index contributed by atoms with van der Waals surface area (Å²) in [5.74, 6) is -1.05. The fourth-order valence-electron chi connectivity index (χ4n) is 5.93. The Kier molecular flexibility index (Phi) is 16.8. The monoisotopic (exact) mass is 541 g/mol. The van der Waals surface area contributed by atoms with E-state index in [4.69, 9.17) is 4.74 Å². The second kappa shape index (κ2) is 19.8. The Bertz CT molecular complexity index is 837. The van der Waals surface area contributed by atoms with Gasteiger partial charge in [0.05, 0.1) is 7.11 Å². The van der Waals surface area contributed by atoms with Crippen LogP contribution in [0.4, 0.5) is 0 Å². The molecule has 1 aromatic carbocycles. The SMILES string of the molecule is CCCCCCCCCCCCCCCCC(=O)/C=C1\[C@H](O)[C@@H](C(=O)OC)[C@H](CC)N1CCc1ccccc1. The van der Waals surface area contributed by atoms with E-state index in [0.717, 1.165) is 19.3 Å². The Morgan fingerprint density at radius 3 is 1.90 bits per heavy atom. The number of hydrogen-bond donors (Lipinski definition) is 1.